The van der Waals surface area contributed by atoms with Gasteiger partial charge < -0.3 is 4.74 Å². The Morgan fingerprint density at radius 2 is 2.17 bits per heavy atom. The van der Waals surface area contributed by atoms with E-state index >= 15 is 0 Å². The largest absolute Gasteiger partial charge is 0.497 e. The molecule has 0 bridgehead atoms. The zero-order chi connectivity index (χ0) is 13.1. The molecule has 0 fully saturated rings. The topological polar surface area (TPSA) is 72.1 Å². The smallest absolute Gasteiger partial charge is 0.276 e. The van der Waals surface area contributed by atoms with E-state index in [1.165, 1.54) is 6.07 Å². The third-order valence-electron chi connectivity index (χ3n) is 2.38. The van der Waals surface area contributed by atoms with Gasteiger partial charge in [0.2, 0.25) is 0 Å². The molecule has 0 amide bonds. The van der Waals surface area contributed by atoms with E-state index in [-0.39, 0.29) is 5.56 Å². The molecule has 5 nitrogen and oxygen atoms in total. The van der Waals surface area contributed by atoms with Crippen molar-refractivity contribution in [3.8, 4) is 17.0 Å². The van der Waals surface area contributed by atoms with Crippen molar-refractivity contribution in [2.75, 3.05) is 7.11 Å². The molecule has 6 heteroatoms. The molecule has 1 aromatic heterocycles. The maximum atomic E-state index is 11.3. The third kappa shape index (κ3) is 2.41. The molecule has 0 atom stereocenters. The summed E-state index contributed by atoms with van der Waals surface area (Å²) >= 11 is 5.32. The molecule has 0 radical (unpaired) electrons. The molecule has 0 aliphatic carbocycles. The van der Waals surface area contributed by atoms with E-state index in [0.717, 1.165) is 0 Å². The van der Waals surface area contributed by atoms with Gasteiger partial charge in [0.1, 0.15) is 11.3 Å². The fourth-order valence-corrected chi connectivity index (χ4v) is 1.62. The van der Waals surface area contributed by atoms with Crippen LogP contribution in [-0.4, -0.2) is 22.5 Å². The highest BCUT2D eigenvalue weighted by Gasteiger charge is 2.11. The number of carbonyl (C=O) groups is 1. The van der Waals surface area contributed by atoms with E-state index in [0.29, 0.717) is 17.0 Å². The Bertz CT molecular complexity index is 652. The van der Waals surface area contributed by atoms with Gasteiger partial charge in [-0.1, -0.05) is 12.1 Å². The van der Waals surface area contributed by atoms with E-state index in [4.69, 9.17) is 16.3 Å². The van der Waals surface area contributed by atoms with E-state index in [2.05, 4.69) is 10.2 Å². The lowest BCUT2D eigenvalue weighted by Gasteiger charge is -2.04. The molecule has 0 aliphatic rings. The molecule has 0 spiro atoms. The van der Waals surface area contributed by atoms with Crippen LogP contribution in [0.3, 0.4) is 0 Å². The zero-order valence-corrected chi connectivity index (χ0v) is 10.2. The van der Waals surface area contributed by atoms with Crippen molar-refractivity contribution in [2.24, 2.45) is 0 Å². The summed E-state index contributed by atoms with van der Waals surface area (Å²) in [5.74, 6) is 0.652. The molecule has 1 heterocycles. The predicted molar refractivity (Wildman–Crippen MR) is 67.0 cm³/mol. The maximum absolute atomic E-state index is 11.3. The van der Waals surface area contributed by atoms with Crippen LogP contribution in [0.5, 0.6) is 5.75 Å². The molecular weight excluding hydrogens is 256 g/mol. The van der Waals surface area contributed by atoms with Crippen molar-refractivity contribution < 1.29 is 9.53 Å². The lowest BCUT2D eigenvalue weighted by molar-refractivity contribution is 0.108. The monoisotopic (exact) mass is 264 g/mol. The first-order valence-corrected chi connectivity index (χ1v) is 5.43. The number of halogens is 1. The number of nitrogens with one attached hydrogen (secondary N) is 1. The number of benzene rings is 1. The number of aromatic amines is 1. The summed E-state index contributed by atoms with van der Waals surface area (Å²) in [4.78, 5) is 22.4. The molecule has 18 heavy (non-hydrogen) atoms. The summed E-state index contributed by atoms with van der Waals surface area (Å²) in [6.45, 7) is 0. The van der Waals surface area contributed by atoms with Gasteiger partial charge in [0.25, 0.3) is 10.8 Å². The van der Waals surface area contributed by atoms with Gasteiger partial charge >= 0.3 is 0 Å². The highest BCUT2D eigenvalue weighted by Crippen LogP contribution is 2.21. The Hall–Kier alpha value is -2.14. The minimum Gasteiger partial charge on any atom is -0.497 e. The zero-order valence-electron chi connectivity index (χ0n) is 9.44. The minimum absolute atomic E-state index is 0.135. The molecule has 0 saturated carbocycles. The lowest BCUT2D eigenvalue weighted by Crippen LogP contribution is -2.16. The normalized spacial score (nSPS) is 10.1. The Labute approximate surface area is 107 Å². The summed E-state index contributed by atoms with van der Waals surface area (Å²) in [5, 5.41) is 5.28. The number of hydrogen-bond acceptors (Lipinski definition) is 4. The number of nitrogens with zero attached hydrogens (tertiary/aromatic N) is 1. The first-order valence-electron chi connectivity index (χ1n) is 5.06. The molecule has 92 valence electrons. The van der Waals surface area contributed by atoms with Crippen LogP contribution in [0, 0.1) is 0 Å². The van der Waals surface area contributed by atoms with E-state index in [1.807, 2.05) is 0 Å². The fourth-order valence-electron chi connectivity index (χ4n) is 1.48. The average molecular weight is 265 g/mol. The van der Waals surface area contributed by atoms with Crippen LogP contribution in [0.1, 0.15) is 10.4 Å². The van der Waals surface area contributed by atoms with Gasteiger partial charge in [0.15, 0.2) is 0 Å². The van der Waals surface area contributed by atoms with Crippen LogP contribution < -0.4 is 10.3 Å². The average Bonchev–Trinajstić information content (AvgIpc) is 2.39. The van der Waals surface area contributed by atoms with Gasteiger partial charge in [-0.25, -0.2) is 5.10 Å². The molecule has 1 aromatic carbocycles. The Balaban J connectivity index is 2.54. The third-order valence-corrected chi connectivity index (χ3v) is 2.58. The van der Waals surface area contributed by atoms with Crippen molar-refractivity contribution >= 4 is 16.8 Å². The second-order valence-electron chi connectivity index (χ2n) is 3.50. The van der Waals surface area contributed by atoms with Crippen LogP contribution >= 0.6 is 11.6 Å². The number of rotatable bonds is 3. The number of hydrogen-bond donors (Lipinski definition) is 1. The molecule has 1 N–H and O–H groups in total. The van der Waals surface area contributed by atoms with Gasteiger partial charge in [0, 0.05) is 5.56 Å². The van der Waals surface area contributed by atoms with Crippen LogP contribution in [0.25, 0.3) is 11.3 Å². The van der Waals surface area contributed by atoms with Crippen molar-refractivity contribution in [1.82, 2.24) is 10.2 Å². The second-order valence-corrected chi connectivity index (χ2v) is 3.84. The summed E-state index contributed by atoms with van der Waals surface area (Å²) in [5.41, 5.74) is 0.411. The summed E-state index contributed by atoms with van der Waals surface area (Å²) in [6, 6.07) is 8.43. The SMILES string of the molecule is COc1cccc(-c2cc(C(=O)Cl)c(=O)[nH]n2)c1. The number of methoxy groups -OCH3 is 1. The summed E-state index contributed by atoms with van der Waals surface area (Å²) < 4.78 is 5.09. The number of carbonyl (C=O) groups excluding carboxylic acids is 1. The number of H-pyrrole nitrogens is 1. The minimum atomic E-state index is -0.817. The van der Waals surface area contributed by atoms with Gasteiger partial charge in [0.05, 0.1) is 12.8 Å². The molecule has 0 saturated heterocycles. The van der Waals surface area contributed by atoms with Crippen molar-refractivity contribution in [3.05, 3.63) is 46.2 Å². The van der Waals surface area contributed by atoms with Crippen molar-refractivity contribution in [3.63, 3.8) is 0 Å². The molecule has 0 aliphatic heterocycles. The van der Waals surface area contributed by atoms with Gasteiger partial charge in [-0.15, -0.1) is 0 Å². The van der Waals surface area contributed by atoms with E-state index < -0.39 is 10.8 Å². The van der Waals surface area contributed by atoms with E-state index in [1.54, 1.807) is 31.4 Å². The quantitative estimate of drug-likeness (QED) is 0.859. The van der Waals surface area contributed by atoms with Gasteiger partial charge in [-0.05, 0) is 29.8 Å². The van der Waals surface area contributed by atoms with Crippen LogP contribution in [0.15, 0.2) is 35.1 Å². The summed E-state index contributed by atoms with van der Waals surface area (Å²) in [7, 11) is 1.55. The molecular formula is C12H9ClN2O3. The first-order chi connectivity index (χ1) is 8.61. The molecule has 2 aromatic rings. The fraction of sp³-hybridized carbons (Fsp3) is 0.0833. The van der Waals surface area contributed by atoms with Crippen molar-refractivity contribution in [2.45, 2.75) is 0 Å². The number of ether oxygens (including phenoxy) is 1. The van der Waals surface area contributed by atoms with Gasteiger partial charge in [-0.3, -0.25) is 9.59 Å². The van der Waals surface area contributed by atoms with Crippen LogP contribution in [0.2, 0.25) is 0 Å². The Morgan fingerprint density at radius 1 is 1.39 bits per heavy atom. The highest BCUT2D eigenvalue weighted by atomic mass is 35.5. The van der Waals surface area contributed by atoms with Crippen LogP contribution in [0.4, 0.5) is 0 Å². The predicted octanol–water partition coefficient (Wildman–Crippen LogP) is 1.82. The molecule has 0 unspecified atom stereocenters. The molecule has 2 rings (SSSR count). The first kappa shape index (κ1) is 12.3. The lowest BCUT2D eigenvalue weighted by atomic mass is 10.1. The highest BCUT2D eigenvalue weighted by molar-refractivity contribution is 6.67. The second kappa shape index (κ2) is 5.01. The van der Waals surface area contributed by atoms with E-state index in [9.17, 15) is 9.59 Å². The Morgan fingerprint density at radius 3 is 2.83 bits per heavy atom. The maximum Gasteiger partial charge on any atom is 0.276 e. The van der Waals surface area contributed by atoms with Gasteiger partial charge in [-0.2, -0.15) is 5.10 Å². The number of aromatic nitrogens is 2. The van der Waals surface area contributed by atoms with Crippen molar-refractivity contribution in [1.29, 1.82) is 0 Å². The standard InChI is InChI=1S/C12H9ClN2O3/c1-18-8-4-2-3-7(5-8)10-6-9(11(13)16)12(17)15-14-10/h2-6H,1H3,(H,15,17). The van der Waals surface area contributed by atoms with Crippen LogP contribution in [-0.2, 0) is 0 Å². The Kier molecular flexibility index (Phi) is 3.43. The summed E-state index contributed by atoms with van der Waals surface area (Å²) in [6.07, 6.45) is 0.